The number of alkyl halides is 1. The van der Waals surface area contributed by atoms with Crippen LogP contribution < -0.4 is 11.5 Å². The number of hydrogen-bond acceptors (Lipinski definition) is 7. The van der Waals surface area contributed by atoms with Gasteiger partial charge < -0.3 is 41.7 Å². The highest BCUT2D eigenvalue weighted by Crippen LogP contribution is 2.30. The Morgan fingerprint density at radius 3 is 2.45 bits per heavy atom. The molecule has 10 nitrogen and oxygen atoms in total. The number of carboxylic acid groups (broad SMARTS) is 1. The van der Waals surface area contributed by atoms with E-state index in [9.17, 15) is 29.3 Å². The van der Waals surface area contributed by atoms with E-state index in [1.54, 1.807) is 0 Å². The molecule has 0 radical (unpaired) electrons. The lowest BCUT2D eigenvalue weighted by Gasteiger charge is -2.44. The first kappa shape index (κ1) is 20.6. The minimum Gasteiger partial charge on any atom is -0.477 e. The summed E-state index contributed by atoms with van der Waals surface area (Å²) in [6, 6.07) is -1.35. The van der Waals surface area contributed by atoms with Gasteiger partial charge in [-0.15, -0.1) is 0 Å². The molecule has 0 saturated carbocycles. The largest absolute Gasteiger partial charge is 0.477 e. The number of aliphatic carboxylic acids is 1. The van der Waals surface area contributed by atoms with Crippen molar-refractivity contribution in [1.29, 1.82) is 0 Å². The molecular formula is C11H22FN2O8+. The van der Waals surface area contributed by atoms with Gasteiger partial charge in [0.25, 0.3) is 5.79 Å². The van der Waals surface area contributed by atoms with Crippen LogP contribution in [-0.2, 0) is 14.3 Å². The smallest absolute Gasteiger partial charge is 0.364 e. The third-order valence-corrected chi connectivity index (χ3v) is 3.17. The van der Waals surface area contributed by atoms with Gasteiger partial charge in [-0.2, -0.15) is 0 Å². The van der Waals surface area contributed by atoms with Crippen LogP contribution in [0.3, 0.4) is 0 Å². The number of rotatable bonds is 5. The summed E-state index contributed by atoms with van der Waals surface area (Å²) in [5.41, 5.74) is 0. The number of halogens is 1. The maximum absolute atomic E-state index is 13.4. The van der Waals surface area contributed by atoms with E-state index < -0.39 is 61.2 Å². The summed E-state index contributed by atoms with van der Waals surface area (Å²) in [6.45, 7) is 0.00252. The van der Waals surface area contributed by atoms with E-state index in [1.165, 1.54) is 0 Å². The summed E-state index contributed by atoms with van der Waals surface area (Å²) >= 11 is 0. The lowest BCUT2D eigenvalue weighted by atomic mass is 9.89. The number of hydrogen-bond donors (Lipinski definition) is 7. The molecule has 1 amide bonds. The minimum atomic E-state index is -2.84. The lowest BCUT2D eigenvalue weighted by Crippen LogP contribution is -2.67. The van der Waals surface area contributed by atoms with Gasteiger partial charge in [0.2, 0.25) is 5.91 Å². The van der Waals surface area contributed by atoms with Crippen LogP contribution in [0.1, 0.15) is 13.3 Å². The average molecular weight is 329 g/mol. The highest BCUT2D eigenvalue weighted by atomic mass is 19.1. The van der Waals surface area contributed by atoms with Crippen molar-refractivity contribution in [2.24, 2.45) is 0 Å². The summed E-state index contributed by atoms with van der Waals surface area (Å²) in [5, 5.41) is 49.1. The third-order valence-electron chi connectivity index (χ3n) is 3.17. The molecule has 6 atom stereocenters. The quantitative estimate of drug-likeness (QED) is 0.287. The molecule has 0 aromatic heterocycles. The standard InChI is InChI=1S/C11H18FNO8.H3N/c1-4(15)13-7-6(16)2-11(20,10(18)19)21-9(7)8(17)5(12)3-14;/h5-9,14,16-17,20H,2-3H2,1H3,(H,13,15)(H,18,19);1H3/p+1/t5-,6+,7-,8-,9-,11+;/m1./s1. The Morgan fingerprint density at radius 1 is 1.50 bits per heavy atom. The van der Waals surface area contributed by atoms with Gasteiger partial charge in [0.15, 0.2) is 6.17 Å². The van der Waals surface area contributed by atoms with Crippen molar-refractivity contribution < 1.29 is 44.2 Å². The number of quaternary nitrogens is 1. The second-order valence-corrected chi connectivity index (χ2v) is 4.86. The van der Waals surface area contributed by atoms with E-state index in [2.05, 4.69) is 5.32 Å². The summed E-state index contributed by atoms with van der Waals surface area (Å²) < 4.78 is 18.2. The first-order valence-electron chi connectivity index (χ1n) is 6.14. The van der Waals surface area contributed by atoms with Gasteiger partial charge in [-0.1, -0.05) is 0 Å². The predicted molar refractivity (Wildman–Crippen MR) is 69.7 cm³/mol. The molecule has 0 aromatic carbocycles. The Labute approximate surface area is 125 Å². The number of carbonyl (C=O) groups excluding carboxylic acids is 1. The molecular weight excluding hydrogens is 307 g/mol. The molecule has 22 heavy (non-hydrogen) atoms. The predicted octanol–water partition coefficient (Wildman–Crippen LogP) is -2.52. The minimum absolute atomic E-state index is 0. The summed E-state index contributed by atoms with van der Waals surface area (Å²) in [7, 11) is 0. The van der Waals surface area contributed by atoms with Crippen molar-refractivity contribution in [3.8, 4) is 0 Å². The van der Waals surface area contributed by atoms with E-state index in [1.807, 2.05) is 0 Å². The van der Waals surface area contributed by atoms with Gasteiger partial charge in [-0.05, 0) is 0 Å². The van der Waals surface area contributed by atoms with Gasteiger partial charge in [0, 0.05) is 13.3 Å². The summed E-state index contributed by atoms with van der Waals surface area (Å²) in [6.07, 6.45) is -8.43. The fourth-order valence-corrected chi connectivity index (χ4v) is 2.12. The van der Waals surface area contributed by atoms with Crippen LogP contribution in [0.15, 0.2) is 0 Å². The molecule has 0 aromatic rings. The van der Waals surface area contributed by atoms with Gasteiger partial charge >= 0.3 is 5.97 Å². The molecule has 11 heteroatoms. The van der Waals surface area contributed by atoms with Gasteiger partial charge in [-0.25, -0.2) is 9.18 Å². The topological polar surface area (TPSA) is 193 Å². The molecule has 1 fully saturated rings. The monoisotopic (exact) mass is 329 g/mol. The van der Waals surface area contributed by atoms with Crippen LogP contribution >= 0.6 is 0 Å². The molecule has 130 valence electrons. The normalized spacial score (nSPS) is 34.2. The fourth-order valence-electron chi connectivity index (χ4n) is 2.12. The zero-order valence-electron chi connectivity index (χ0n) is 12.1. The Balaban J connectivity index is 0.00000441. The summed E-state index contributed by atoms with van der Waals surface area (Å²) in [4.78, 5) is 22.0. The van der Waals surface area contributed by atoms with E-state index >= 15 is 0 Å². The van der Waals surface area contributed by atoms with Gasteiger partial charge in [0.1, 0.15) is 12.2 Å². The van der Waals surface area contributed by atoms with Crippen LogP contribution in [0, 0.1) is 0 Å². The molecule has 0 bridgehead atoms. The number of aliphatic hydroxyl groups excluding tert-OH is 3. The van der Waals surface area contributed by atoms with Gasteiger partial charge in [0.05, 0.1) is 18.8 Å². The first-order valence-corrected chi connectivity index (χ1v) is 6.14. The van der Waals surface area contributed by atoms with Crippen molar-refractivity contribution in [1.82, 2.24) is 11.5 Å². The Morgan fingerprint density at radius 2 is 2.05 bits per heavy atom. The number of carbonyl (C=O) groups is 2. The maximum Gasteiger partial charge on any atom is 0.364 e. The number of carboxylic acids is 1. The summed E-state index contributed by atoms with van der Waals surface area (Å²) in [5.74, 6) is -5.31. The Kier molecular flexibility index (Phi) is 7.28. The number of aliphatic hydroxyl groups is 4. The van der Waals surface area contributed by atoms with Crippen LogP contribution in [0.5, 0.6) is 0 Å². The van der Waals surface area contributed by atoms with Crippen molar-refractivity contribution in [3.63, 3.8) is 0 Å². The zero-order chi connectivity index (χ0) is 16.4. The second kappa shape index (κ2) is 7.76. The van der Waals surface area contributed by atoms with E-state index in [-0.39, 0.29) is 6.15 Å². The average Bonchev–Trinajstić information content (AvgIpc) is 2.39. The Bertz CT molecular complexity index is 412. The molecule has 10 N–H and O–H groups in total. The van der Waals surface area contributed by atoms with E-state index in [0.29, 0.717) is 0 Å². The fraction of sp³-hybridized carbons (Fsp3) is 0.818. The van der Waals surface area contributed by atoms with Gasteiger partial charge in [-0.3, -0.25) is 4.79 Å². The molecule has 0 unspecified atom stereocenters. The van der Waals surface area contributed by atoms with E-state index in [4.69, 9.17) is 14.9 Å². The maximum atomic E-state index is 13.4. The first-order chi connectivity index (χ1) is 9.62. The lowest BCUT2D eigenvalue weighted by molar-refractivity contribution is -0.293. The van der Waals surface area contributed by atoms with Crippen molar-refractivity contribution in [2.45, 2.75) is 49.7 Å². The van der Waals surface area contributed by atoms with Crippen molar-refractivity contribution in [2.75, 3.05) is 6.61 Å². The number of amides is 1. The zero-order valence-corrected chi connectivity index (χ0v) is 12.1. The molecule has 1 aliphatic rings. The van der Waals surface area contributed by atoms with Crippen molar-refractivity contribution >= 4 is 11.9 Å². The van der Waals surface area contributed by atoms with Crippen LogP contribution in [0.25, 0.3) is 0 Å². The Hall–Kier alpha value is -1.37. The third kappa shape index (κ3) is 4.32. The highest BCUT2D eigenvalue weighted by molar-refractivity contribution is 5.76. The molecule has 1 saturated heterocycles. The van der Waals surface area contributed by atoms with Crippen LogP contribution in [0.2, 0.25) is 0 Å². The molecule has 1 rings (SSSR count). The SMILES string of the molecule is CC(=O)N[C@H]1[C@H]([C@H](O)[C@H](F)CO)O[C@](O)(C(=O)O)C[C@@H]1O.[NH4+]. The number of nitrogens with one attached hydrogen (secondary N) is 1. The second-order valence-electron chi connectivity index (χ2n) is 4.86. The molecule has 0 aliphatic carbocycles. The van der Waals surface area contributed by atoms with E-state index in [0.717, 1.165) is 6.92 Å². The molecule has 1 aliphatic heterocycles. The van der Waals surface area contributed by atoms with Crippen molar-refractivity contribution in [3.05, 3.63) is 0 Å². The highest BCUT2D eigenvalue weighted by Gasteiger charge is 2.54. The van der Waals surface area contributed by atoms with Crippen LogP contribution in [0.4, 0.5) is 4.39 Å². The number of ether oxygens (including phenoxy) is 1. The molecule has 0 spiro atoms. The van der Waals surface area contributed by atoms with Crippen LogP contribution in [-0.4, -0.2) is 80.3 Å². The molecule has 1 heterocycles.